The van der Waals surface area contributed by atoms with E-state index in [0.29, 0.717) is 35.3 Å². The highest BCUT2D eigenvalue weighted by molar-refractivity contribution is 8.11. The summed E-state index contributed by atoms with van der Waals surface area (Å²) in [4.78, 5) is 11.4. The predicted octanol–water partition coefficient (Wildman–Crippen LogP) is 7.44. The normalized spacial score (nSPS) is 45.5. The van der Waals surface area contributed by atoms with E-state index in [-0.39, 0.29) is 5.30 Å². The third-order valence-electron chi connectivity index (χ3n) is 10.5. The molecule has 172 valence electrons. The monoisotopic (exact) mass is 435 g/mol. The second kappa shape index (κ2) is 8.96. The standard InChI is InChI=1S/C26H45NO2S/c1-17(2)15-18-16-20-22-9-8-19(11-14-29-24(28)30-27)25(22,3)13-10-23(20)26(4)12-6-5-7-21(18)26/h17-23H,5-16,27H2,1-4H3/t18-,19?,20?,21?,22?,23-,25?,26?/m0/s1. The Bertz CT molecular complexity index is 624. The third-order valence-corrected chi connectivity index (χ3v) is 10.8. The number of rotatable bonds is 5. The Hall–Kier alpha value is -0.220. The van der Waals surface area contributed by atoms with Crippen LogP contribution in [0.4, 0.5) is 4.79 Å². The number of nitrogens with two attached hydrogens (primary N) is 1. The minimum Gasteiger partial charge on any atom is -0.457 e. The molecular formula is C26H45NO2S. The summed E-state index contributed by atoms with van der Waals surface area (Å²) < 4.78 is 5.33. The van der Waals surface area contributed by atoms with Crippen LogP contribution in [0.25, 0.3) is 0 Å². The van der Waals surface area contributed by atoms with Gasteiger partial charge in [-0.1, -0.05) is 40.5 Å². The van der Waals surface area contributed by atoms with Crippen molar-refractivity contribution >= 4 is 17.2 Å². The molecule has 0 saturated heterocycles. The van der Waals surface area contributed by atoms with Crippen molar-refractivity contribution in [1.82, 2.24) is 0 Å². The van der Waals surface area contributed by atoms with Gasteiger partial charge in [-0.3, -0.25) is 5.14 Å². The molecule has 0 radical (unpaired) electrons. The molecule has 6 unspecified atom stereocenters. The molecule has 4 aliphatic carbocycles. The molecule has 0 aromatic carbocycles. The second-order valence-corrected chi connectivity index (χ2v) is 12.8. The van der Waals surface area contributed by atoms with E-state index in [1.54, 1.807) is 0 Å². The molecule has 4 aliphatic rings. The number of hydrogen-bond acceptors (Lipinski definition) is 4. The van der Waals surface area contributed by atoms with Gasteiger partial charge in [-0.15, -0.1) is 0 Å². The summed E-state index contributed by atoms with van der Waals surface area (Å²) in [5, 5.41) is 4.99. The Morgan fingerprint density at radius 1 is 1.03 bits per heavy atom. The van der Waals surface area contributed by atoms with Crippen LogP contribution in [-0.4, -0.2) is 11.9 Å². The smallest absolute Gasteiger partial charge is 0.382 e. The van der Waals surface area contributed by atoms with Crippen LogP contribution in [0.3, 0.4) is 0 Å². The molecule has 0 bridgehead atoms. The van der Waals surface area contributed by atoms with Crippen LogP contribution in [0, 0.1) is 52.3 Å². The van der Waals surface area contributed by atoms with Crippen molar-refractivity contribution in [2.75, 3.05) is 6.61 Å². The SMILES string of the molecule is CC(C)C[C@H]1CC2C3CCC(CCOC(=O)SN)C3(C)CC[C@@H]2C2(C)CCCCC12. The van der Waals surface area contributed by atoms with Gasteiger partial charge in [-0.2, -0.15) is 0 Å². The number of carbonyl (C=O) groups excluding carboxylic acids is 1. The van der Waals surface area contributed by atoms with E-state index in [9.17, 15) is 4.79 Å². The van der Waals surface area contributed by atoms with Gasteiger partial charge in [-0.05, 0) is 110 Å². The second-order valence-electron chi connectivity index (χ2n) is 12.2. The van der Waals surface area contributed by atoms with Gasteiger partial charge in [0.2, 0.25) is 0 Å². The van der Waals surface area contributed by atoms with E-state index in [4.69, 9.17) is 9.88 Å². The summed E-state index contributed by atoms with van der Waals surface area (Å²) in [5.41, 5.74) is 1.04. The molecule has 0 amide bonds. The average molecular weight is 436 g/mol. The summed E-state index contributed by atoms with van der Waals surface area (Å²) in [6.45, 7) is 10.7. The lowest BCUT2D eigenvalue weighted by Crippen LogP contribution is -2.55. The van der Waals surface area contributed by atoms with E-state index >= 15 is 0 Å². The van der Waals surface area contributed by atoms with Crippen molar-refractivity contribution in [3.05, 3.63) is 0 Å². The highest BCUT2D eigenvalue weighted by atomic mass is 32.2. The molecule has 0 aromatic rings. The summed E-state index contributed by atoms with van der Waals surface area (Å²) in [6, 6.07) is 0. The third kappa shape index (κ3) is 3.98. The number of fused-ring (bicyclic) bond motifs is 5. The van der Waals surface area contributed by atoms with Crippen molar-refractivity contribution in [3.63, 3.8) is 0 Å². The lowest BCUT2D eigenvalue weighted by Gasteiger charge is -2.63. The van der Waals surface area contributed by atoms with Crippen molar-refractivity contribution in [2.45, 2.75) is 98.3 Å². The molecule has 3 nitrogen and oxygen atoms in total. The van der Waals surface area contributed by atoms with Crippen LogP contribution >= 0.6 is 11.9 Å². The highest BCUT2D eigenvalue weighted by Crippen LogP contribution is 2.69. The Morgan fingerprint density at radius 3 is 2.53 bits per heavy atom. The maximum absolute atomic E-state index is 11.4. The Kier molecular flexibility index (Phi) is 6.86. The lowest BCUT2D eigenvalue weighted by molar-refractivity contribution is -0.138. The quantitative estimate of drug-likeness (QED) is 0.360. The van der Waals surface area contributed by atoms with Gasteiger partial charge < -0.3 is 4.74 Å². The van der Waals surface area contributed by atoms with Gasteiger partial charge >= 0.3 is 5.30 Å². The Balaban J connectivity index is 1.52. The number of hydrogen-bond donors (Lipinski definition) is 1. The van der Waals surface area contributed by atoms with E-state index in [2.05, 4.69) is 27.7 Å². The zero-order chi connectivity index (χ0) is 21.5. The van der Waals surface area contributed by atoms with E-state index in [1.165, 1.54) is 64.2 Å². The van der Waals surface area contributed by atoms with Gasteiger partial charge in [-0.25, -0.2) is 4.79 Å². The van der Waals surface area contributed by atoms with Gasteiger partial charge in [0.25, 0.3) is 0 Å². The predicted molar refractivity (Wildman–Crippen MR) is 126 cm³/mol. The molecule has 4 heteroatoms. The molecule has 4 fully saturated rings. The zero-order valence-corrected chi connectivity index (χ0v) is 20.6. The Labute approximate surface area is 189 Å². The summed E-state index contributed by atoms with van der Waals surface area (Å²) in [7, 11) is 0. The summed E-state index contributed by atoms with van der Waals surface area (Å²) in [6.07, 6.45) is 15.4. The van der Waals surface area contributed by atoms with Gasteiger partial charge in [0.1, 0.15) is 0 Å². The fraction of sp³-hybridized carbons (Fsp3) is 0.962. The maximum atomic E-state index is 11.4. The van der Waals surface area contributed by atoms with Crippen molar-refractivity contribution in [1.29, 1.82) is 0 Å². The van der Waals surface area contributed by atoms with Crippen LogP contribution in [0.1, 0.15) is 98.3 Å². The molecule has 30 heavy (non-hydrogen) atoms. The molecule has 0 aliphatic heterocycles. The molecule has 4 rings (SSSR count). The van der Waals surface area contributed by atoms with E-state index in [1.807, 2.05) is 0 Å². The molecule has 0 aromatic heterocycles. The first-order valence-corrected chi connectivity index (χ1v) is 13.7. The summed E-state index contributed by atoms with van der Waals surface area (Å²) >= 11 is 0.698. The minimum absolute atomic E-state index is 0.335. The Morgan fingerprint density at radius 2 is 1.80 bits per heavy atom. The number of carbonyl (C=O) groups is 1. The highest BCUT2D eigenvalue weighted by Gasteiger charge is 2.61. The first-order chi connectivity index (χ1) is 14.3. The van der Waals surface area contributed by atoms with Crippen LogP contribution in [0.5, 0.6) is 0 Å². The van der Waals surface area contributed by atoms with Crippen LogP contribution < -0.4 is 5.14 Å². The van der Waals surface area contributed by atoms with E-state index in [0.717, 1.165) is 41.9 Å². The number of ether oxygens (including phenoxy) is 1. The molecule has 2 N–H and O–H groups in total. The fourth-order valence-corrected chi connectivity index (χ4v) is 9.49. The molecule has 4 saturated carbocycles. The van der Waals surface area contributed by atoms with Crippen LogP contribution in [-0.2, 0) is 4.74 Å². The molecule has 0 spiro atoms. The van der Waals surface area contributed by atoms with Gasteiger partial charge in [0.15, 0.2) is 0 Å². The molecule has 8 atom stereocenters. The van der Waals surface area contributed by atoms with Gasteiger partial charge in [0, 0.05) is 11.9 Å². The first-order valence-electron chi connectivity index (χ1n) is 12.8. The van der Waals surface area contributed by atoms with Crippen LogP contribution in [0.2, 0.25) is 0 Å². The molecular weight excluding hydrogens is 390 g/mol. The maximum Gasteiger partial charge on any atom is 0.382 e. The fourth-order valence-electron chi connectivity index (χ4n) is 9.34. The van der Waals surface area contributed by atoms with Gasteiger partial charge in [0.05, 0.1) is 6.61 Å². The topological polar surface area (TPSA) is 52.3 Å². The summed E-state index contributed by atoms with van der Waals surface area (Å²) in [5.74, 6) is 6.22. The first kappa shape index (κ1) is 23.0. The van der Waals surface area contributed by atoms with Crippen molar-refractivity contribution < 1.29 is 9.53 Å². The molecule has 0 heterocycles. The van der Waals surface area contributed by atoms with Crippen molar-refractivity contribution in [2.24, 2.45) is 57.4 Å². The lowest BCUT2D eigenvalue weighted by atomic mass is 9.42. The van der Waals surface area contributed by atoms with Crippen LogP contribution in [0.15, 0.2) is 0 Å². The largest absolute Gasteiger partial charge is 0.457 e. The van der Waals surface area contributed by atoms with Crippen molar-refractivity contribution in [3.8, 4) is 0 Å². The zero-order valence-electron chi connectivity index (χ0n) is 19.8. The minimum atomic E-state index is -0.335. The average Bonchev–Trinajstić information content (AvgIpc) is 3.04. The van der Waals surface area contributed by atoms with E-state index < -0.39 is 0 Å².